The van der Waals surface area contributed by atoms with E-state index < -0.39 is 0 Å². The quantitative estimate of drug-likeness (QED) is 0.596. The van der Waals surface area contributed by atoms with Gasteiger partial charge < -0.3 is 15.2 Å². The molecule has 0 bridgehead atoms. The number of anilines is 1. The van der Waals surface area contributed by atoms with Gasteiger partial charge in [0.1, 0.15) is 0 Å². The van der Waals surface area contributed by atoms with Crippen LogP contribution in [0.4, 0.5) is 5.69 Å². The topological polar surface area (TPSA) is 47.7 Å². The van der Waals surface area contributed by atoms with Crippen molar-refractivity contribution in [2.45, 2.75) is 13.0 Å². The summed E-state index contributed by atoms with van der Waals surface area (Å²) in [6.07, 6.45) is 5.30. The van der Waals surface area contributed by atoms with E-state index in [1.54, 1.807) is 14.2 Å². The summed E-state index contributed by atoms with van der Waals surface area (Å²) < 4.78 is 10.6. The van der Waals surface area contributed by atoms with E-state index in [1.165, 1.54) is 11.1 Å². The molecule has 4 nitrogen and oxygen atoms in total. The van der Waals surface area contributed by atoms with E-state index >= 15 is 0 Å². The third kappa shape index (κ3) is 5.32. The molecule has 0 atom stereocenters. The highest BCUT2D eigenvalue weighted by atomic mass is 16.5. The molecule has 0 amide bonds. The van der Waals surface area contributed by atoms with E-state index in [-0.39, 0.29) is 0 Å². The van der Waals surface area contributed by atoms with Gasteiger partial charge in [-0.2, -0.15) is 0 Å². The maximum Gasteiger partial charge on any atom is 0.161 e. The van der Waals surface area contributed by atoms with E-state index in [1.807, 2.05) is 24.3 Å². The highest BCUT2D eigenvalue weighted by molar-refractivity contribution is 5.43. The third-order valence-electron chi connectivity index (χ3n) is 3.82. The van der Waals surface area contributed by atoms with Crippen LogP contribution in [0.2, 0.25) is 0 Å². The summed E-state index contributed by atoms with van der Waals surface area (Å²) in [5, 5.41) is 0. The summed E-state index contributed by atoms with van der Waals surface area (Å²) in [5.74, 6) is 1.52. The van der Waals surface area contributed by atoms with Crippen LogP contribution < -0.4 is 15.2 Å². The number of hydrogen-bond acceptors (Lipinski definition) is 4. The zero-order valence-corrected chi connectivity index (χ0v) is 14.7. The Kier molecular flexibility index (Phi) is 6.70. The highest BCUT2D eigenvalue weighted by Gasteiger charge is 2.06. The van der Waals surface area contributed by atoms with Crippen LogP contribution >= 0.6 is 0 Å². The molecule has 128 valence electrons. The number of allylic oxidation sites excluding steroid dienone is 1. The van der Waals surface area contributed by atoms with E-state index in [9.17, 15) is 0 Å². The van der Waals surface area contributed by atoms with Crippen LogP contribution in [0.3, 0.4) is 0 Å². The standard InChI is InChI=1S/C20H26N2O2/c1-22(13-5-4-6-16-7-10-18(21)11-8-16)15-17-9-12-19(23-2)20(14-17)24-3/h4-5,7-12,14H,6,13,15,21H2,1-3H3. The Balaban J connectivity index is 1.83. The van der Waals surface area contributed by atoms with Gasteiger partial charge in [0.05, 0.1) is 14.2 Å². The number of rotatable bonds is 8. The smallest absolute Gasteiger partial charge is 0.161 e. The lowest BCUT2D eigenvalue weighted by Crippen LogP contribution is -2.17. The van der Waals surface area contributed by atoms with Gasteiger partial charge in [0.25, 0.3) is 0 Å². The van der Waals surface area contributed by atoms with Gasteiger partial charge in [0.2, 0.25) is 0 Å². The zero-order chi connectivity index (χ0) is 17.4. The summed E-state index contributed by atoms with van der Waals surface area (Å²) in [4.78, 5) is 2.25. The van der Waals surface area contributed by atoms with Crippen LogP contribution in [0.5, 0.6) is 11.5 Å². The molecule has 2 rings (SSSR count). The average Bonchev–Trinajstić information content (AvgIpc) is 2.60. The molecule has 4 heteroatoms. The molecule has 2 aromatic rings. The van der Waals surface area contributed by atoms with Gasteiger partial charge in [0, 0.05) is 18.8 Å². The van der Waals surface area contributed by atoms with Crippen molar-refractivity contribution in [3.05, 3.63) is 65.7 Å². The third-order valence-corrected chi connectivity index (χ3v) is 3.82. The lowest BCUT2D eigenvalue weighted by atomic mass is 10.1. The average molecular weight is 326 g/mol. The summed E-state index contributed by atoms with van der Waals surface area (Å²) in [5.41, 5.74) is 8.96. The minimum Gasteiger partial charge on any atom is -0.493 e. The molecule has 2 aromatic carbocycles. The first-order valence-electron chi connectivity index (χ1n) is 8.01. The van der Waals surface area contributed by atoms with Gasteiger partial charge in [-0.1, -0.05) is 30.4 Å². The van der Waals surface area contributed by atoms with Crippen molar-refractivity contribution in [3.8, 4) is 11.5 Å². The fourth-order valence-electron chi connectivity index (χ4n) is 2.48. The number of nitrogens with zero attached hydrogens (tertiary/aromatic N) is 1. The second kappa shape index (κ2) is 8.99. The zero-order valence-electron chi connectivity index (χ0n) is 14.7. The molecule has 0 aliphatic carbocycles. The lowest BCUT2D eigenvalue weighted by Gasteiger charge is -2.16. The van der Waals surface area contributed by atoms with Gasteiger partial charge in [-0.15, -0.1) is 0 Å². The number of likely N-dealkylation sites (N-methyl/N-ethyl adjacent to an activating group) is 1. The summed E-state index contributed by atoms with van der Waals surface area (Å²) >= 11 is 0. The summed E-state index contributed by atoms with van der Waals surface area (Å²) in [6, 6.07) is 14.0. The molecule has 0 aromatic heterocycles. The fourth-order valence-corrected chi connectivity index (χ4v) is 2.48. The molecule has 0 fully saturated rings. The lowest BCUT2D eigenvalue weighted by molar-refractivity contribution is 0.347. The molecule has 0 aliphatic rings. The molecule has 0 saturated carbocycles. The number of benzene rings is 2. The molecular weight excluding hydrogens is 300 g/mol. The molecule has 0 heterocycles. The molecular formula is C20H26N2O2. The van der Waals surface area contributed by atoms with Crippen molar-refractivity contribution in [2.75, 3.05) is 33.5 Å². The van der Waals surface area contributed by atoms with E-state index in [0.29, 0.717) is 0 Å². The molecule has 2 N–H and O–H groups in total. The second-order valence-corrected chi connectivity index (χ2v) is 5.80. The first kappa shape index (κ1) is 17.9. The van der Waals surface area contributed by atoms with Crippen molar-refractivity contribution < 1.29 is 9.47 Å². The van der Waals surface area contributed by atoms with Gasteiger partial charge in [0.15, 0.2) is 11.5 Å². The number of methoxy groups -OCH3 is 2. The Bertz CT molecular complexity index is 666. The monoisotopic (exact) mass is 326 g/mol. The summed E-state index contributed by atoms with van der Waals surface area (Å²) in [7, 11) is 5.41. The molecule has 0 aliphatic heterocycles. The summed E-state index contributed by atoms with van der Waals surface area (Å²) in [6.45, 7) is 1.75. The maximum absolute atomic E-state index is 5.69. The van der Waals surface area contributed by atoms with Crippen molar-refractivity contribution >= 4 is 5.69 Å². The second-order valence-electron chi connectivity index (χ2n) is 5.80. The number of hydrogen-bond donors (Lipinski definition) is 1. The molecule has 0 unspecified atom stereocenters. The Morgan fingerprint density at radius 1 is 0.917 bits per heavy atom. The molecule has 0 spiro atoms. The van der Waals surface area contributed by atoms with Crippen molar-refractivity contribution in [1.82, 2.24) is 4.90 Å². The number of ether oxygens (including phenoxy) is 2. The van der Waals surface area contributed by atoms with Crippen LogP contribution in [0.15, 0.2) is 54.6 Å². The number of nitrogens with two attached hydrogens (primary N) is 1. The van der Waals surface area contributed by atoms with Crippen LogP contribution in [0.25, 0.3) is 0 Å². The van der Waals surface area contributed by atoms with E-state index in [2.05, 4.69) is 42.3 Å². The Morgan fingerprint density at radius 2 is 1.58 bits per heavy atom. The predicted octanol–water partition coefficient (Wildman–Crippen LogP) is 3.52. The first-order chi connectivity index (χ1) is 11.6. The Hall–Kier alpha value is -2.46. The van der Waals surface area contributed by atoms with Crippen molar-refractivity contribution in [1.29, 1.82) is 0 Å². The van der Waals surface area contributed by atoms with Gasteiger partial charge in [-0.3, -0.25) is 4.90 Å². The van der Waals surface area contributed by atoms with Crippen LogP contribution in [0, 0.1) is 0 Å². The molecule has 0 saturated heterocycles. The normalized spacial score (nSPS) is 11.2. The molecule has 0 radical (unpaired) electrons. The van der Waals surface area contributed by atoms with Gasteiger partial charge >= 0.3 is 0 Å². The first-order valence-corrected chi connectivity index (χ1v) is 8.01. The van der Waals surface area contributed by atoms with E-state index in [4.69, 9.17) is 15.2 Å². The minimum atomic E-state index is 0.757. The van der Waals surface area contributed by atoms with Gasteiger partial charge in [-0.25, -0.2) is 0 Å². The highest BCUT2D eigenvalue weighted by Crippen LogP contribution is 2.27. The predicted molar refractivity (Wildman–Crippen MR) is 99.6 cm³/mol. The molecule has 24 heavy (non-hydrogen) atoms. The van der Waals surface area contributed by atoms with E-state index in [0.717, 1.165) is 36.7 Å². The number of nitrogen functional groups attached to an aromatic ring is 1. The van der Waals surface area contributed by atoms with Crippen LogP contribution in [0.1, 0.15) is 11.1 Å². The SMILES string of the molecule is COc1ccc(CN(C)CC=CCc2ccc(N)cc2)cc1OC. The van der Waals surface area contributed by atoms with Gasteiger partial charge in [-0.05, 0) is 48.9 Å². The fraction of sp³-hybridized carbons (Fsp3) is 0.300. The Morgan fingerprint density at radius 3 is 2.25 bits per heavy atom. The van der Waals surface area contributed by atoms with Crippen LogP contribution in [-0.4, -0.2) is 32.7 Å². The minimum absolute atomic E-state index is 0.757. The van der Waals surface area contributed by atoms with Crippen molar-refractivity contribution in [3.63, 3.8) is 0 Å². The Labute approximate surface area is 144 Å². The van der Waals surface area contributed by atoms with Crippen molar-refractivity contribution in [2.24, 2.45) is 0 Å². The maximum atomic E-state index is 5.69. The largest absolute Gasteiger partial charge is 0.493 e. The van der Waals surface area contributed by atoms with Crippen LogP contribution in [-0.2, 0) is 13.0 Å².